The maximum absolute atomic E-state index is 13.4. The van der Waals surface area contributed by atoms with Gasteiger partial charge in [0.15, 0.2) is 0 Å². The van der Waals surface area contributed by atoms with Crippen molar-refractivity contribution in [3.05, 3.63) is 68.4 Å². The van der Waals surface area contributed by atoms with Gasteiger partial charge in [-0.05, 0) is 46.3 Å². The van der Waals surface area contributed by atoms with Gasteiger partial charge in [0.05, 0.1) is 14.3 Å². The number of sulfonamides is 1. The average Bonchev–Trinajstić information content (AvgIpc) is 2.67. The minimum absolute atomic E-state index is 0.0448. The second-order valence-corrected chi connectivity index (χ2v) is 8.87. The summed E-state index contributed by atoms with van der Waals surface area (Å²) in [7, 11) is -3.86. The highest BCUT2D eigenvalue weighted by Crippen LogP contribution is 2.26. The summed E-state index contributed by atoms with van der Waals surface area (Å²) in [6, 6.07) is 8.83. The number of carbonyl (C=O) groups excluding carboxylic acids is 1. The number of benzene rings is 2. The summed E-state index contributed by atoms with van der Waals surface area (Å²) in [5.74, 6) is -1.06. The van der Waals surface area contributed by atoms with E-state index in [1.807, 2.05) is 0 Å². The zero-order valence-corrected chi connectivity index (χ0v) is 16.8. The van der Waals surface area contributed by atoms with Crippen LogP contribution in [0.5, 0.6) is 0 Å². The van der Waals surface area contributed by atoms with Gasteiger partial charge in [-0.2, -0.15) is 4.31 Å². The Morgan fingerprint density at radius 1 is 1.11 bits per heavy atom. The summed E-state index contributed by atoms with van der Waals surface area (Å²) in [4.78, 5) is 24.4. The highest BCUT2D eigenvalue weighted by Gasteiger charge is 2.31. The third kappa shape index (κ3) is 4.05. The Kier molecular flexibility index (Phi) is 5.77. The number of piperazine rings is 1. The van der Waals surface area contributed by atoms with E-state index < -0.39 is 26.7 Å². The first-order valence-electron chi connectivity index (χ1n) is 8.19. The Morgan fingerprint density at radius 2 is 1.79 bits per heavy atom. The molecule has 1 fully saturated rings. The van der Waals surface area contributed by atoms with Crippen molar-refractivity contribution in [2.24, 2.45) is 0 Å². The van der Waals surface area contributed by atoms with Crippen molar-refractivity contribution in [2.45, 2.75) is 4.90 Å². The van der Waals surface area contributed by atoms with Crippen LogP contribution < -0.4 is 0 Å². The van der Waals surface area contributed by atoms with Gasteiger partial charge in [0.25, 0.3) is 11.6 Å². The fraction of sp³-hybridized carbons (Fsp3) is 0.235. The highest BCUT2D eigenvalue weighted by atomic mass is 79.9. The first-order chi connectivity index (χ1) is 13.2. The summed E-state index contributed by atoms with van der Waals surface area (Å²) >= 11 is 3.07. The molecule has 0 unspecified atom stereocenters. The van der Waals surface area contributed by atoms with E-state index in [1.165, 1.54) is 39.5 Å². The number of carbonyl (C=O) groups is 1. The van der Waals surface area contributed by atoms with Crippen molar-refractivity contribution >= 4 is 37.5 Å². The lowest BCUT2D eigenvalue weighted by Gasteiger charge is -2.34. The predicted octanol–water partition coefficient (Wildman–Crippen LogP) is 2.64. The van der Waals surface area contributed by atoms with Gasteiger partial charge in [0, 0.05) is 37.8 Å². The van der Waals surface area contributed by atoms with Crippen molar-refractivity contribution < 1.29 is 22.5 Å². The van der Waals surface area contributed by atoms with E-state index in [1.54, 1.807) is 0 Å². The lowest BCUT2D eigenvalue weighted by Crippen LogP contribution is -2.50. The van der Waals surface area contributed by atoms with Gasteiger partial charge in [-0.1, -0.05) is 6.07 Å². The van der Waals surface area contributed by atoms with Gasteiger partial charge in [-0.25, -0.2) is 12.8 Å². The average molecular weight is 472 g/mol. The molecule has 0 aromatic heterocycles. The molecule has 0 spiro atoms. The zero-order valence-electron chi connectivity index (χ0n) is 14.4. The number of nitro groups is 1. The monoisotopic (exact) mass is 471 g/mol. The summed E-state index contributed by atoms with van der Waals surface area (Å²) in [6.07, 6.45) is 0. The van der Waals surface area contributed by atoms with Gasteiger partial charge in [-0.3, -0.25) is 14.9 Å². The van der Waals surface area contributed by atoms with Crippen LogP contribution in [-0.2, 0) is 10.0 Å². The van der Waals surface area contributed by atoms with Crippen LogP contribution in [0.25, 0.3) is 0 Å². The second kappa shape index (κ2) is 7.94. The smallest absolute Gasteiger partial charge is 0.284 e. The van der Waals surface area contributed by atoms with E-state index in [9.17, 15) is 27.7 Å². The van der Waals surface area contributed by atoms with E-state index >= 15 is 0 Å². The Balaban J connectivity index is 1.72. The molecule has 8 nitrogen and oxygen atoms in total. The molecule has 0 bridgehead atoms. The quantitative estimate of drug-likeness (QED) is 0.503. The zero-order chi connectivity index (χ0) is 20.5. The molecule has 3 rings (SSSR count). The van der Waals surface area contributed by atoms with Gasteiger partial charge in [0.1, 0.15) is 5.82 Å². The molecule has 2 aromatic carbocycles. The maximum Gasteiger partial charge on any atom is 0.284 e. The Hall–Kier alpha value is -2.37. The van der Waals surface area contributed by atoms with Crippen LogP contribution in [0.4, 0.5) is 10.1 Å². The standard InChI is InChI=1S/C17H15BrFN3O5S/c18-15-5-4-12(10-16(15)22(24)25)17(23)20-6-8-21(9-7-20)28(26,27)14-3-1-2-13(19)11-14/h1-5,10-11H,6-9H2. The molecule has 1 saturated heterocycles. The number of hydrogen-bond donors (Lipinski definition) is 0. The van der Waals surface area contributed by atoms with E-state index in [4.69, 9.17) is 0 Å². The molecule has 1 amide bonds. The molecule has 0 saturated carbocycles. The number of hydrogen-bond acceptors (Lipinski definition) is 5. The van der Waals surface area contributed by atoms with Crippen molar-refractivity contribution in [1.29, 1.82) is 0 Å². The van der Waals surface area contributed by atoms with Crippen LogP contribution in [0.3, 0.4) is 0 Å². The fourth-order valence-corrected chi connectivity index (χ4v) is 4.72. The molecule has 2 aromatic rings. The molecular weight excluding hydrogens is 457 g/mol. The minimum atomic E-state index is -3.86. The van der Waals surface area contributed by atoms with E-state index in [0.717, 1.165) is 12.1 Å². The first kappa shape index (κ1) is 20.4. The van der Waals surface area contributed by atoms with Crippen molar-refractivity contribution in [3.63, 3.8) is 0 Å². The largest absolute Gasteiger partial charge is 0.336 e. The molecule has 1 aliphatic rings. The van der Waals surface area contributed by atoms with Gasteiger partial charge < -0.3 is 4.90 Å². The van der Waals surface area contributed by atoms with Crippen LogP contribution in [0.1, 0.15) is 10.4 Å². The van der Waals surface area contributed by atoms with E-state index in [-0.39, 0.29) is 46.8 Å². The normalized spacial score (nSPS) is 15.4. The minimum Gasteiger partial charge on any atom is -0.336 e. The molecule has 0 atom stereocenters. The van der Waals surface area contributed by atoms with Gasteiger partial charge >= 0.3 is 0 Å². The summed E-state index contributed by atoms with van der Waals surface area (Å²) in [6.45, 7) is 0.334. The Bertz CT molecular complexity index is 1040. The molecule has 1 aliphatic heterocycles. The molecule has 148 valence electrons. The summed E-state index contributed by atoms with van der Waals surface area (Å²) < 4.78 is 40.0. The van der Waals surface area contributed by atoms with Crippen molar-refractivity contribution in [2.75, 3.05) is 26.2 Å². The van der Waals surface area contributed by atoms with Crippen LogP contribution in [0.15, 0.2) is 51.8 Å². The van der Waals surface area contributed by atoms with Crippen LogP contribution in [0.2, 0.25) is 0 Å². The van der Waals surface area contributed by atoms with Crippen LogP contribution in [-0.4, -0.2) is 54.6 Å². The lowest BCUT2D eigenvalue weighted by molar-refractivity contribution is -0.385. The second-order valence-electron chi connectivity index (χ2n) is 6.08. The third-order valence-corrected chi connectivity index (χ3v) is 6.91. The number of nitrogens with zero attached hydrogens (tertiary/aromatic N) is 3. The lowest BCUT2D eigenvalue weighted by atomic mass is 10.1. The van der Waals surface area contributed by atoms with Crippen LogP contribution >= 0.6 is 15.9 Å². The fourth-order valence-electron chi connectivity index (χ4n) is 2.88. The Morgan fingerprint density at radius 3 is 2.39 bits per heavy atom. The Labute approximate surface area is 168 Å². The molecule has 0 aliphatic carbocycles. The molecule has 0 radical (unpaired) electrons. The molecule has 0 N–H and O–H groups in total. The SMILES string of the molecule is O=C(c1ccc(Br)c([N+](=O)[O-])c1)N1CCN(S(=O)(=O)c2cccc(F)c2)CC1. The third-order valence-electron chi connectivity index (χ3n) is 4.35. The molecule has 11 heteroatoms. The van der Waals surface area contributed by atoms with Gasteiger partial charge in [0.2, 0.25) is 10.0 Å². The maximum atomic E-state index is 13.4. The number of nitro benzene ring substituents is 1. The van der Waals surface area contributed by atoms with Crippen molar-refractivity contribution in [1.82, 2.24) is 9.21 Å². The molecular formula is C17H15BrFN3O5S. The predicted molar refractivity (Wildman–Crippen MR) is 102 cm³/mol. The van der Waals surface area contributed by atoms with Crippen molar-refractivity contribution in [3.8, 4) is 0 Å². The highest BCUT2D eigenvalue weighted by molar-refractivity contribution is 9.10. The molecule has 28 heavy (non-hydrogen) atoms. The van der Waals surface area contributed by atoms with E-state index in [0.29, 0.717) is 0 Å². The van der Waals surface area contributed by atoms with Gasteiger partial charge in [-0.15, -0.1) is 0 Å². The summed E-state index contributed by atoms with van der Waals surface area (Å²) in [5, 5.41) is 11.0. The van der Waals surface area contributed by atoms with E-state index in [2.05, 4.69) is 15.9 Å². The summed E-state index contributed by atoms with van der Waals surface area (Å²) in [5.41, 5.74) is -0.0745. The molecule has 1 heterocycles. The number of rotatable bonds is 4. The topological polar surface area (TPSA) is 101 Å². The number of amides is 1. The van der Waals surface area contributed by atoms with Crippen LogP contribution in [0, 0.1) is 15.9 Å². The number of halogens is 2. The first-order valence-corrected chi connectivity index (χ1v) is 10.4.